The maximum absolute atomic E-state index is 12.2. The van der Waals surface area contributed by atoms with Crippen molar-refractivity contribution in [2.24, 2.45) is 5.92 Å². The van der Waals surface area contributed by atoms with Gasteiger partial charge in [0, 0.05) is 23.7 Å². The number of anilines is 1. The number of aryl methyl sites for hydroxylation is 1. The predicted molar refractivity (Wildman–Crippen MR) is 98.0 cm³/mol. The fourth-order valence-electron chi connectivity index (χ4n) is 2.84. The van der Waals surface area contributed by atoms with E-state index in [2.05, 4.69) is 5.32 Å². The van der Waals surface area contributed by atoms with E-state index in [0.29, 0.717) is 23.0 Å². The van der Waals surface area contributed by atoms with Gasteiger partial charge in [0.2, 0.25) is 5.91 Å². The minimum atomic E-state index is -0.590. The van der Waals surface area contributed by atoms with E-state index in [0.717, 1.165) is 5.56 Å². The SMILES string of the molecule is Cc1ccc(Cl)cc1NC(=O)COC(=O)[C@H]1CC(=O)N(Cc2ccco2)C1. The molecule has 0 aliphatic carbocycles. The van der Waals surface area contributed by atoms with Crippen molar-refractivity contribution in [3.8, 4) is 0 Å². The summed E-state index contributed by atoms with van der Waals surface area (Å²) >= 11 is 5.91. The average molecular weight is 391 g/mol. The molecule has 1 atom stereocenters. The molecule has 1 fully saturated rings. The summed E-state index contributed by atoms with van der Waals surface area (Å²) in [5, 5.41) is 3.15. The van der Waals surface area contributed by atoms with Crippen molar-refractivity contribution in [2.75, 3.05) is 18.5 Å². The third-order valence-corrected chi connectivity index (χ3v) is 4.53. The van der Waals surface area contributed by atoms with Crippen LogP contribution >= 0.6 is 11.6 Å². The molecule has 0 saturated carbocycles. The molecule has 1 aromatic carbocycles. The summed E-state index contributed by atoms with van der Waals surface area (Å²) in [5.41, 5.74) is 1.40. The van der Waals surface area contributed by atoms with Gasteiger partial charge in [-0.1, -0.05) is 17.7 Å². The number of rotatable bonds is 6. The quantitative estimate of drug-likeness (QED) is 0.766. The number of carbonyl (C=O) groups excluding carboxylic acids is 3. The molecule has 0 bridgehead atoms. The van der Waals surface area contributed by atoms with Gasteiger partial charge in [-0.3, -0.25) is 14.4 Å². The first-order valence-corrected chi connectivity index (χ1v) is 8.83. The number of hydrogen-bond acceptors (Lipinski definition) is 5. The Morgan fingerprint density at radius 3 is 2.93 bits per heavy atom. The first-order valence-electron chi connectivity index (χ1n) is 8.45. The van der Waals surface area contributed by atoms with E-state index in [1.165, 1.54) is 6.26 Å². The number of carbonyl (C=O) groups is 3. The molecular formula is C19H19ClN2O5. The second-order valence-corrected chi connectivity index (χ2v) is 6.81. The topological polar surface area (TPSA) is 88.8 Å². The minimum absolute atomic E-state index is 0.0640. The Labute approximate surface area is 161 Å². The van der Waals surface area contributed by atoms with Crippen LogP contribution in [0.25, 0.3) is 0 Å². The molecule has 1 aromatic heterocycles. The summed E-state index contributed by atoms with van der Waals surface area (Å²) in [6.45, 7) is 1.96. The number of hydrogen-bond donors (Lipinski definition) is 1. The first kappa shape index (κ1) is 19.0. The zero-order valence-corrected chi connectivity index (χ0v) is 15.5. The van der Waals surface area contributed by atoms with Gasteiger partial charge >= 0.3 is 5.97 Å². The molecule has 2 amide bonds. The second kappa shape index (κ2) is 8.26. The Hall–Kier alpha value is -2.80. The number of halogens is 1. The largest absolute Gasteiger partial charge is 0.467 e. The maximum atomic E-state index is 12.2. The number of nitrogens with zero attached hydrogens (tertiary/aromatic N) is 1. The lowest BCUT2D eigenvalue weighted by molar-refractivity contribution is -0.151. The Bertz CT molecular complexity index is 850. The number of esters is 1. The number of nitrogens with one attached hydrogen (secondary N) is 1. The van der Waals surface area contributed by atoms with Gasteiger partial charge in [0.05, 0.1) is 18.7 Å². The Morgan fingerprint density at radius 1 is 1.37 bits per heavy atom. The highest BCUT2D eigenvalue weighted by molar-refractivity contribution is 6.31. The molecule has 3 rings (SSSR count). The highest BCUT2D eigenvalue weighted by Gasteiger charge is 2.35. The summed E-state index contributed by atoms with van der Waals surface area (Å²) in [4.78, 5) is 37.8. The Morgan fingerprint density at radius 2 is 2.19 bits per heavy atom. The summed E-state index contributed by atoms with van der Waals surface area (Å²) in [7, 11) is 0. The third-order valence-electron chi connectivity index (χ3n) is 4.29. The fourth-order valence-corrected chi connectivity index (χ4v) is 3.02. The van der Waals surface area contributed by atoms with Crippen molar-refractivity contribution >= 4 is 35.1 Å². The van der Waals surface area contributed by atoms with Crippen molar-refractivity contribution in [1.29, 1.82) is 0 Å². The van der Waals surface area contributed by atoms with Gasteiger partial charge in [-0.15, -0.1) is 0 Å². The van der Waals surface area contributed by atoms with E-state index in [1.807, 2.05) is 6.92 Å². The van der Waals surface area contributed by atoms with Crippen molar-refractivity contribution in [3.05, 3.63) is 52.9 Å². The molecule has 0 radical (unpaired) electrons. The van der Waals surface area contributed by atoms with Crippen LogP contribution in [0, 0.1) is 12.8 Å². The van der Waals surface area contributed by atoms with Crippen LogP contribution in [-0.4, -0.2) is 35.8 Å². The molecule has 0 unspecified atom stereocenters. The lowest BCUT2D eigenvalue weighted by Gasteiger charge is -2.14. The van der Waals surface area contributed by atoms with Crippen LogP contribution in [0.2, 0.25) is 5.02 Å². The summed E-state index contributed by atoms with van der Waals surface area (Å²) in [6.07, 6.45) is 1.59. The lowest BCUT2D eigenvalue weighted by atomic mass is 10.1. The van der Waals surface area contributed by atoms with Gasteiger partial charge < -0.3 is 19.4 Å². The van der Waals surface area contributed by atoms with E-state index in [1.54, 1.807) is 35.2 Å². The van der Waals surface area contributed by atoms with Crippen LogP contribution in [-0.2, 0) is 25.7 Å². The summed E-state index contributed by atoms with van der Waals surface area (Å²) in [5.74, 6) is -1.12. The molecule has 1 N–H and O–H groups in total. The molecule has 1 aliphatic heterocycles. The monoisotopic (exact) mass is 390 g/mol. The third kappa shape index (κ3) is 4.89. The smallest absolute Gasteiger partial charge is 0.311 e. The van der Waals surface area contributed by atoms with Crippen molar-refractivity contribution in [3.63, 3.8) is 0 Å². The molecule has 1 aliphatic rings. The van der Waals surface area contributed by atoms with Gasteiger partial charge in [0.15, 0.2) is 6.61 Å². The zero-order chi connectivity index (χ0) is 19.4. The van der Waals surface area contributed by atoms with Crippen molar-refractivity contribution in [1.82, 2.24) is 4.90 Å². The van der Waals surface area contributed by atoms with Gasteiger partial charge in [0.25, 0.3) is 5.91 Å². The van der Waals surface area contributed by atoms with E-state index >= 15 is 0 Å². The first-order chi connectivity index (χ1) is 12.9. The van der Waals surface area contributed by atoms with Crippen LogP contribution in [0.3, 0.4) is 0 Å². The molecule has 2 heterocycles. The Balaban J connectivity index is 1.48. The average Bonchev–Trinajstić information content (AvgIpc) is 3.27. The van der Waals surface area contributed by atoms with Gasteiger partial charge in [-0.2, -0.15) is 0 Å². The van der Waals surface area contributed by atoms with Gasteiger partial charge in [-0.25, -0.2) is 0 Å². The normalized spacial score (nSPS) is 16.4. The van der Waals surface area contributed by atoms with Crippen LogP contribution in [0.15, 0.2) is 41.0 Å². The predicted octanol–water partition coefficient (Wildman–Crippen LogP) is 2.77. The lowest BCUT2D eigenvalue weighted by Crippen LogP contribution is -2.28. The van der Waals surface area contributed by atoms with Crippen LogP contribution in [0.4, 0.5) is 5.69 Å². The van der Waals surface area contributed by atoms with E-state index in [-0.39, 0.29) is 18.9 Å². The summed E-state index contributed by atoms with van der Waals surface area (Å²) in [6, 6.07) is 8.63. The highest BCUT2D eigenvalue weighted by Crippen LogP contribution is 2.22. The molecule has 142 valence electrons. The highest BCUT2D eigenvalue weighted by atomic mass is 35.5. The molecule has 8 heteroatoms. The van der Waals surface area contributed by atoms with Crippen molar-refractivity contribution in [2.45, 2.75) is 19.9 Å². The minimum Gasteiger partial charge on any atom is -0.467 e. The van der Waals surface area contributed by atoms with Crippen LogP contribution < -0.4 is 5.32 Å². The molecule has 7 nitrogen and oxygen atoms in total. The van der Waals surface area contributed by atoms with E-state index in [9.17, 15) is 14.4 Å². The molecule has 27 heavy (non-hydrogen) atoms. The number of likely N-dealkylation sites (tertiary alicyclic amines) is 1. The van der Waals surface area contributed by atoms with Gasteiger partial charge in [0.1, 0.15) is 5.76 Å². The fraction of sp³-hybridized carbons (Fsp3) is 0.316. The molecule has 1 saturated heterocycles. The van der Waals surface area contributed by atoms with Gasteiger partial charge in [-0.05, 0) is 36.8 Å². The number of benzene rings is 1. The maximum Gasteiger partial charge on any atom is 0.311 e. The van der Waals surface area contributed by atoms with Crippen LogP contribution in [0.5, 0.6) is 0 Å². The van der Waals surface area contributed by atoms with E-state index in [4.69, 9.17) is 20.8 Å². The number of amides is 2. The molecular weight excluding hydrogens is 372 g/mol. The van der Waals surface area contributed by atoms with E-state index < -0.39 is 24.4 Å². The standard InChI is InChI=1S/C19H19ClN2O5/c1-12-4-5-14(20)8-16(12)21-17(23)11-27-19(25)13-7-18(24)22(9-13)10-15-3-2-6-26-15/h2-6,8,13H,7,9-11H2,1H3,(H,21,23)/t13-/m0/s1. The zero-order valence-electron chi connectivity index (χ0n) is 14.7. The Kier molecular flexibility index (Phi) is 5.81. The second-order valence-electron chi connectivity index (χ2n) is 6.37. The van der Waals surface area contributed by atoms with Crippen LogP contribution in [0.1, 0.15) is 17.7 Å². The molecule has 2 aromatic rings. The number of furan rings is 1. The summed E-state index contributed by atoms with van der Waals surface area (Å²) < 4.78 is 10.3. The number of ether oxygens (including phenoxy) is 1. The molecule has 0 spiro atoms. The van der Waals surface area contributed by atoms with Crippen molar-refractivity contribution < 1.29 is 23.5 Å².